The minimum atomic E-state index is -3.67. The molecule has 8 nitrogen and oxygen atoms in total. The van der Waals surface area contributed by atoms with Crippen LogP contribution >= 0.6 is 0 Å². The third-order valence-electron chi connectivity index (χ3n) is 4.25. The Morgan fingerprint density at radius 1 is 1.21 bits per heavy atom. The second-order valence-electron chi connectivity index (χ2n) is 6.38. The molecule has 1 aliphatic rings. The van der Waals surface area contributed by atoms with Gasteiger partial charge in [-0.3, -0.25) is 0 Å². The van der Waals surface area contributed by atoms with Gasteiger partial charge >= 0.3 is 5.97 Å². The van der Waals surface area contributed by atoms with E-state index < -0.39 is 16.0 Å². The lowest BCUT2D eigenvalue weighted by Crippen LogP contribution is -2.22. The Hall–Kier alpha value is -3.17. The molecule has 152 valence electrons. The number of hydrogen-bond donors (Lipinski definition) is 2. The van der Waals surface area contributed by atoms with Crippen molar-refractivity contribution < 1.29 is 27.5 Å². The maximum Gasteiger partial charge on any atom is 0.343 e. The Balaban J connectivity index is 1.73. The molecule has 1 aromatic heterocycles. The zero-order valence-corrected chi connectivity index (χ0v) is 16.9. The van der Waals surface area contributed by atoms with Crippen molar-refractivity contribution >= 4 is 27.8 Å². The van der Waals surface area contributed by atoms with Gasteiger partial charge in [0.05, 0.1) is 24.3 Å². The molecular formula is C20H20N2O6S. The Bertz CT molecular complexity index is 1140. The van der Waals surface area contributed by atoms with Gasteiger partial charge in [-0.25, -0.2) is 22.9 Å². The first-order chi connectivity index (χ1) is 13.7. The lowest BCUT2D eigenvalue weighted by atomic mass is 10.1. The molecule has 0 radical (unpaired) electrons. The van der Waals surface area contributed by atoms with Crippen LogP contribution in [0.15, 0.2) is 67.7 Å². The van der Waals surface area contributed by atoms with Crippen LogP contribution in [0.25, 0.3) is 6.08 Å². The van der Waals surface area contributed by atoms with Crippen molar-refractivity contribution in [3.05, 3.63) is 70.5 Å². The summed E-state index contributed by atoms with van der Waals surface area (Å²) in [4.78, 5) is 16.0. The number of nitrogens with zero attached hydrogens (tertiary/aromatic N) is 1. The molecule has 1 aromatic carbocycles. The summed E-state index contributed by atoms with van der Waals surface area (Å²) in [7, 11) is -2.45. The summed E-state index contributed by atoms with van der Waals surface area (Å²) in [5.74, 6) is -0.258. The van der Waals surface area contributed by atoms with Crippen LogP contribution in [0.4, 0.5) is 0 Å². The highest BCUT2D eigenvalue weighted by Gasteiger charge is 2.27. The number of carbonyl (C=O) groups excluding carboxylic acids is 1. The molecule has 2 heterocycles. The van der Waals surface area contributed by atoms with Gasteiger partial charge in [0.2, 0.25) is 10.0 Å². The van der Waals surface area contributed by atoms with E-state index in [1.54, 1.807) is 31.2 Å². The summed E-state index contributed by atoms with van der Waals surface area (Å²) in [5.41, 5.74) is 1.45. The second kappa shape index (κ2) is 8.06. The first-order valence-corrected chi connectivity index (χ1v) is 10.1. The molecule has 0 fully saturated rings. The second-order valence-corrected chi connectivity index (χ2v) is 8.15. The molecule has 0 amide bonds. The third-order valence-corrected chi connectivity index (χ3v) is 5.67. The Labute approximate surface area is 168 Å². The van der Waals surface area contributed by atoms with Crippen LogP contribution in [0.1, 0.15) is 24.0 Å². The van der Waals surface area contributed by atoms with Gasteiger partial charge in [0.1, 0.15) is 22.8 Å². The van der Waals surface area contributed by atoms with Crippen LogP contribution in [0.2, 0.25) is 0 Å². The zero-order valence-electron chi connectivity index (χ0n) is 16.1. The van der Waals surface area contributed by atoms with Gasteiger partial charge in [-0.05, 0) is 38.1 Å². The summed E-state index contributed by atoms with van der Waals surface area (Å²) < 4.78 is 37.4. The Morgan fingerprint density at radius 2 is 1.90 bits per heavy atom. The monoisotopic (exact) mass is 416 g/mol. The van der Waals surface area contributed by atoms with E-state index in [1.165, 1.54) is 25.3 Å². The predicted octanol–water partition coefficient (Wildman–Crippen LogP) is 2.87. The molecule has 0 spiro atoms. The lowest BCUT2D eigenvalue weighted by molar-refractivity contribution is -0.135. The number of aliphatic hydroxyl groups is 1. The summed E-state index contributed by atoms with van der Waals surface area (Å²) in [6.45, 7) is 3.41. The number of furan rings is 1. The van der Waals surface area contributed by atoms with Crippen LogP contribution in [0.5, 0.6) is 0 Å². The Kier molecular flexibility index (Phi) is 5.71. The van der Waals surface area contributed by atoms with E-state index in [-0.39, 0.29) is 28.5 Å². The standard InChI is InChI=1S/C20H20N2O6S/c1-12-4-8-16(9-5-12)29(25,26)21-11-15-7-6-14(28-15)10-17-19(23)18(13(2)22-17)20(24)27-3/h4-10,21,23H,11H2,1-3H3/b17-10+. The fourth-order valence-electron chi connectivity index (χ4n) is 2.70. The minimum Gasteiger partial charge on any atom is -0.505 e. The number of esters is 1. The lowest BCUT2D eigenvalue weighted by Gasteiger charge is -2.05. The van der Waals surface area contributed by atoms with E-state index in [0.29, 0.717) is 17.2 Å². The maximum atomic E-state index is 12.3. The highest BCUT2D eigenvalue weighted by Crippen LogP contribution is 2.26. The highest BCUT2D eigenvalue weighted by molar-refractivity contribution is 7.89. The largest absolute Gasteiger partial charge is 0.505 e. The number of hydrogen-bond acceptors (Lipinski definition) is 7. The number of benzene rings is 1. The van der Waals surface area contributed by atoms with Crippen molar-refractivity contribution in [3.8, 4) is 0 Å². The Morgan fingerprint density at radius 3 is 2.55 bits per heavy atom. The number of aliphatic hydroxyl groups excluding tert-OH is 1. The fraction of sp³-hybridized carbons (Fsp3) is 0.200. The molecule has 0 atom stereocenters. The van der Waals surface area contributed by atoms with E-state index in [1.807, 2.05) is 6.92 Å². The van der Waals surface area contributed by atoms with Gasteiger partial charge in [-0.2, -0.15) is 0 Å². The van der Waals surface area contributed by atoms with Crippen LogP contribution in [0, 0.1) is 6.92 Å². The third kappa shape index (κ3) is 4.47. The number of nitrogens with one attached hydrogen (secondary N) is 1. The van der Waals surface area contributed by atoms with Crippen LogP contribution in [-0.4, -0.2) is 32.3 Å². The molecule has 1 aliphatic heterocycles. The maximum absolute atomic E-state index is 12.3. The minimum absolute atomic E-state index is 0.00334. The zero-order chi connectivity index (χ0) is 21.2. The van der Waals surface area contributed by atoms with E-state index in [4.69, 9.17) is 4.42 Å². The summed E-state index contributed by atoms with van der Waals surface area (Å²) >= 11 is 0. The van der Waals surface area contributed by atoms with E-state index in [9.17, 15) is 18.3 Å². The molecule has 0 saturated carbocycles. The van der Waals surface area contributed by atoms with Crippen molar-refractivity contribution in [3.63, 3.8) is 0 Å². The van der Waals surface area contributed by atoms with E-state index in [2.05, 4.69) is 14.5 Å². The number of rotatable bonds is 6. The van der Waals surface area contributed by atoms with Crippen LogP contribution < -0.4 is 4.72 Å². The summed E-state index contributed by atoms with van der Waals surface area (Å²) in [6, 6.07) is 9.72. The molecule has 2 aromatic rings. The smallest absolute Gasteiger partial charge is 0.343 e. The van der Waals surface area contributed by atoms with Crippen molar-refractivity contribution in [1.82, 2.24) is 4.72 Å². The van der Waals surface area contributed by atoms with Crippen molar-refractivity contribution in [1.29, 1.82) is 0 Å². The number of aryl methyl sites for hydroxylation is 1. The molecule has 0 aliphatic carbocycles. The number of ether oxygens (including phenoxy) is 1. The first kappa shape index (κ1) is 20.6. The predicted molar refractivity (Wildman–Crippen MR) is 107 cm³/mol. The molecule has 3 rings (SSSR count). The molecule has 2 N–H and O–H groups in total. The topological polar surface area (TPSA) is 118 Å². The van der Waals surface area contributed by atoms with Gasteiger partial charge in [0.25, 0.3) is 0 Å². The van der Waals surface area contributed by atoms with Crippen molar-refractivity contribution in [2.75, 3.05) is 7.11 Å². The SMILES string of the molecule is COC(=O)C1=C(O)/C(=C\c2ccc(CNS(=O)(=O)c3ccc(C)cc3)o2)N=C1C. The normalized spacial score (nSPS) is 15.7. The number of carbonyl (C=O) groups is 1. The van der Waals surface area contributed by atoms with Crippen molar-refractivity contribution in [2.45, 2.75) is 25.3 Å². The number of aliphatic imine (C=N–C) groups is 1. The summed E-state index contributed by atoms with van der Waals surface area (Å²) in [5, 5.41) is 10.2. The summed E-state index contributed by atoms with van der Waals surface area (Å²) in [6.07, 6.45) is 1.45. The molecular weight excluding hydrogens is 396 g/mol. The average Bonchev–Trinajstić information content (AvgIpc) is 3.24. The highest BCUT2D eigenvalue weighted by atomic mass is 32.2. The van der Waals surface area contributed by atoms with Gasteiger partial charge < -0.3 is 14.3 Å². The van der Waals surface area contributed by atoms with Crippen LogP contribution in [0.3, 0.4) is 0 Å². The van der Waals surface area contributed by atoms with E-state index in [0.717, 1.165) is 5.56 Å². The average molecular weight is 416 g/mol. The number of sulfonamides is 1. The van der Waals surface area contributed by atoms with Gasteiger partial charge in [0, 0.05) is 6.08 Å². The van der Waals surface area contributed by atoms with Gasteiger partial charge in [-0.1, -0.05) is 17.7 Å². The first-order valence-electron chi connectivity index (χ1n) is 8.65. The van der Waals surface area contributed by atoms with E-state index >= 15 is 0 Å². The molecule has 0 saturated heterocycles. The molecule has 29 heavy (non-hydrogen) atoms. The van der Waals surface area contributed by atoms with Gasteiger partial charge in [-0.15, -0.1) is 0 Å². The molecule has 9 heteroatoms. The molecule has 0 unspecified atom stereocenters. The van der Waals surface area contributed by atoms with Crippen LogP contribution in [-0.2, 0) is 26.1 Å². The number of methoxy groups -OCH3 is 1. The molecule has 0 bridgehead atoms. The van der Waals surface area contributed by atoms with Gasteiger partial charge in [0.15, 0.2) is 5.76 Å². The quantitative estimate of drug-likeness (QED) is 0.699. The fourth-order valence-corrected chi connectivity index (χ4v) is 3.70. The van der Waals surface area contributed by atoms with Crippen molar-refractivity contribution in [2.24, 2.45) is 4.99 Å².